The Hall–Kier alpha value is 0.750. The first-order valence-corrected chi connectivity index (χ1v) is 5.31. The van der Waals surface area contributed by atoms with Crippen LogP contribution in [0.1, 0.15) is 0 Å². The molecule has 0 aliphatic rings. The highest BCUT2D eigenvalue weighted by atomic mass is 79.9. The average Bonchev–Trinajstić information content (AvgIpc) is 1.97. The van der Waals surface area contributed by atoms with Gasteiger partial charge in [-0.2, -0.15) is 0 Å². The summed E-state index contributed by atoms with van der Waals surface area (Å²) in [4.78, 5) is 0. The predicted octanol–water partition coefficient (Wildman–Crippen LogP) is 4.33. The Bertz CT molecular complexity index is 274. The molecule has 0 amide bonds. The second-order valence-corrected chi connectivity index (χ2v) is 4.70. The van der Waals surface area contributed by atoms with Crippen LogP contribution < -0.4 is 0 Å². The van der Waals surface area contributed by atoms with Gasteiger partial charge < -0.3 is 5.11 Å². The van der Waals surface area contributed by atoms with Crippen LogP contribution in [0.5, 0.6) is 5.75 Å². The maximum absolute atomic E-state index is 9.31. The van der Waals surface area contributed by atoms with E-state index in [1.807, 2.05) is 0 Å². The van der Waals surface area contributed by atoms with Crippen LogP contribution >= 0.6 is 59.4 Å². The van der Waals surface area contributed by atoms with Gasteiger partial charge in [-0.1, -0.05) is 11.6 Å². The fourth-order valence-corrected chi connectivity index (χ4v) is 2.82. The molecule has 11 heavy (non-hydrogen) atoms. The third-order valence-corrected chi connectivity index (χ3v) is 3.94. The van der Waals surface area contributed by atoms with Crippen LogP contribution in [0.2, 0.25) is 5.02 Å². The van der Waals surface area contributed by atoms with Crippen molar-refractivity contribution in [3.63, 3.8) is 0 Å². The Morgan fingerprint density at radius 3 is 2.27 bits per heavy atom. The summed E-state index contributed by atoms with van der Waals surface area (Å²) in [6, 6.07) is 1.68. The van der Waals surface area contributed by atoms with Crippen LogP contribution in [0.25, 0.3) is 0 Å². The minimum Gasteiger partial charge on any atom is -0.506 e. The number of hydrogen-bond donors (Lipinski definition) is 1. The molecule has 1 aromatic rings. The van der Waals surface area contributed by atoms with Gasteiger partial charge in [-0.15, -0.1) is 0 Å². The number of halogens is 4. The number of hydrogen-bond acceptors (Lipinski definition) is 1. The quantitative estimate of drug-likeness (QED) is 0.536. The highest BCUT2D eigenvalue weighted by Crippen LogP contribution is 2.41. The molecule has 0 saturated heterocycles. The summed E-state index contributed by atoms with van der Waals surface area (Å²) in [7, 11) is 0. The normalized spacial score (nSPS) is 10.2. The van der Waals surface area contributed by atoms with Gasteiger partial charge in [0.15, 0.2) is 0 Å². The van der Waals surface area contributed by atoms with Crippen molar-refractivity contribution in [3.8, 4) is 5.75 Å². The molecule has 0 radical (unpaired) electrons. The SMILES string of the molecule is Oc1c(Br)cc(Br)c(Cl)c1Br. The maximum atomic E-state index is 9.31. The number of aromatic hydroxyl groups is 1. The highest BCUT2D eigenvalue weighted by molar-refractivity contribution is 9.11. The lowest BCUT2D eigenvalue weighted by Crippen LogP contribution is -1.76. The topological polar surface area (TPSA) is 20.2 Å². The molecule has 1 rings (SSSR count). The second-order valence-electron chi connectivity index (χ2n) is 1.82. The van der Waals surface area contributed by atoms with Crippen molar-refractivity contribution in [2.24, 2.45) is 0 Å². The molecule has 0 spiro atoms. The molecule has 0 unspecified atom stereocenters. The van der Waals surface area contributed by atoms with E-state index in [2.05, 4.69) is 47.8 Å². The molecule has 0 aliphatic heterocycles. The molecule has 0 atom stereocenters. The largest absolute Gasteiger partial charge is 0.506 e. The molecule has 1 N–H and O–H groups in total. The first kappa shape index (κ1) is 9.84. The van der Waals surface area contributed by atoms with E-state index in [0.29, 0.717) is 14.0 Å². The molecule has 0 bridgehead atoms. The van der Waals surface area contributed by atoms with E-state index in [1.54, 1.807) is 6.07 Å². The zero-order chi connectivity index (χ0) is 8.59. The van der Waals surface area contributed by atoms with Crippen molar-refractivity contribution in [1.82, 2.24) is 0 Å². The van der Waals surface area contributed by atoms with E-state index in [9.17, 15) is 5.11 Å². The van der Waals surface area contributed by atoms with Gasteiger partial charge in [0.1, 0.15) is 5.75 Å². The van der Waals surface area contributed by atoms with Crippen molar-refractivity contribution >= 4 is 59.4 Å². The van der Waals surface area contributed by atoms with Gasteiger partial charge in [-0.05, 0) is 53.9 Å². The lowest BCUT2D eigenvalue weighted by atomic mass is 10.3. The Morgan fingerprint density at radius 2 is 1.73 bits per heavy atom. The molecule has 0 saturated carbocycles. The molecule has 5 heteroatoms. The molecule has 0 aliphatic carbocycles. The molecule has 1 aromatic carbocycles. The van der Waals surface area contributed by atoms with E-state index in [0.717, 1.165) is 4.47 Å². The maximum Gasteiger partial charge on any atom is 0.145 e. The Kier molecular flexibility index (Phi) is 3.26. The summed E-state index contributed by atoms with van der Waals surface area (Å²) in [5.74, 6) is 0.109. The van der Waals surface area contributed by atoms with Crippen molar-refractivity contribution in [2.75, 3.05) is 0 Å². The van der Waals surface area contributed by atoms with Crippen LogP contribution in [-0.4, -0.2) is 5.11 Å². The lowest BCUT2D eigenvalue weighted by Gasteiger charge is -2.03. The van der Waals surface area contributed by atoms with E-state index < -0.39 is 0 Å². The van der Waals surface area contributed by atoms with Crippen LogP contribution in [0, 0.1) is 0 Å². The van der Waals surface area contributed by atoms with Crippen LogP contribution in [0.15, 0.2) is 19.5 Å². The fourth-order valence-electron chi connectivity index (χ4n) is 0.557. The van der Waals surface area contributed by atoms with Gasteiger partial charge in [0.2, 0.25) is 0 Å². The van der Waals surface area contributed by atoms with Crippen LogP contribution in [0.3, 0.4) is 0 Å². The standard InChI is InChI=1S/C6H2Br3ClO/c7-2-1-3(8)6(11)4(9)5(2)10/h1,11H. The van der Waals surface area contributed by atoms with Crippen molar-refractivity contribution in [3.05, 3.63) is 24.5 Å². The van der Waals surface area contributed by atoms with Crippen molar-refractivity contribution in [1.29, 1.82) is 0 Å². The number of phenolic OH excluding ortho intramolecular Hbond substituents is 1. The van der Waals surface area contributed by atoms with Gasteiger partial charge in [-0.3, -0.25) is 0 Å². The summed E-state index contributed by atoms with van der Waals surface area (Å²) < 4.78 is 1.82. The number of benzene rings is 1. The zero-order valence-electron chi connectivity index (χ0n) is 5.04. The second kappa shape index (κ2) is 3.64. The Morgan fingerprint density at radius 1 is 1.18 bits per heavy atom. The van der Waals surface area contributed by atoms with Gasteiger partial charge in [-0.25, -0.2) is 0 Å². The zero-order valence-corrected chi connectivity index (χ0v) is 10.6. The summed E-state index contributed by atoms with van der Waals surface area (Å²) in [6.07, 6.45) is 0. The fraction of sp³-hybridized carbons (Fsp3) is 0. The van der Waals surface area contributed by atoms with Crippen LogP contribution in [-0.2, 0) is 0 Å². The Labute approximate surface area is 94.1 Å². The first-order valence-electron chi connectivity index (χ1n) is 2.56. The molecule has 0 fully saturated rings. The van der Waals surface area contributed by atoms with Crippen molar-refractivity contribution in [2.45, 2.75) is 0 Å². The number of phenols is 1. The average molecular weight is 365 g/mol. The highest BCUT2D eigenvalue weighted by Gasteiger charge is 2.10. The van der Waals surface area contributed by atoms with E-state index in [4.69, 9.17) is 11.6 Å². The van der Waals surface area contributed by atoms with E-state index in [-0.39, 0.29) is 5.75 Å². The number of rotatable bonds is 0. The summed E-state index contributed by atoms with van der Waals surface area (Å²) >= 11 is 15.3. The minimum absolute atomic E-state index is 0.109. The Balaban J connectivity index is 3.46. The summed E-state index contributed by atoms with van der Waals surface area (Å²) in [5.41, 5.74) is 0. The van der Waals surface area contributed by atoms with E-state index >= 15 is 0 Å². The van der Waals surface area contributed by atoms with Crippen molar-refractivity contribution < 1.29 is 5.11 Å². The molecule has 0 heterocycles. The van der Waals surface area contributed by atoms with Gasteiger partial charge >= 0.3 is 0 Å². The van der Waals surface area contributed by atoms with E-state index in [1.165, 1.54) is 0 Å². The lowest BCUT2D eigenvalue weighted by molar-refractivity contribution is 0.468. The molecule has 60 valence electrons. The monoisotopic (exact) mass is 362 g/mol. The predicted molar refractivity (Wildman–Crippen MR) is 56.2 cm³/mol. The third-order valence-electron chi connectivity index (χ3n) is 1.09. The molecular formula is C6H2Br3ClO. The molecular weight excluding hydrogens is 363 g/mol. The van der Waals surface area contributed by atoms with Gasteiger partial charge in [0, 0.05) is 4.47 Å². The minimum atomic E-state index is 0.109. The smallest absolute Gasteiger partial charge is 0.145 e. The third kappa shape index (κ3) is 1.91. The molecule has 0 aromatic heterocycles. The van der Waals surface area contributed by atoms with Gasteiger partial charge in [0.05, 0.1) is 14.0 Å². The summed E-state index contributed by atoms with van der Waals surface area (Å²) in [6.45, 7) is 0. The first-order chi connectivity index (χ1) is 5.04. The summed E-state index contributed by atoms with van der Waals surface area (Å²) in [5, 5.41) is 9.78. The molecule has 1 nitrogen and oxygen atoms in total. The van der Waals surface area contributed by atoms with Crippen LogP contribution in [0.4, 0.5) is 0 Å². The van der Waals surface area contributed by atoms with Gasteiger partial charge in [0.25, 0.3) is 0 Å².